The normalized spacial score (nSPS) is 19.4. The molecule has 2 aromatic rings. The molecule has 0 spiro atoms. The van der Waals surface area contributed by atoms with Gasteiger partial charge in [0, 0.05) is 11.1 Å². The van der Waals surface area contributed by atoms with E-state index in [1.807, 2.05) is 60.7 Å². The number of hydrogen-bond acceptors (Lipinski definition) is 3. The first-order chi connectivity index (χ1) is 10.8. The molecule has 110 valence electrons. The molecule has 0 aliphatic heterocycles. The fourth-order valence-corrected chi connectivity index (χ4v) is 2.31. The summed E-state index contributed by atoms with van der Waals surface area (Å²) in [6.45, 7) is 0. The predicted molar refractivity (Wildman–Crippen MR) is 85.9 cm³/mol. The summed E-state index contributed by atoms with van der Waals surface area (Å²) in [7, 11) is 0. The third-order valence-electron chi connectivity index (χ3n) is 3.45. The van der Waals surface area contributed by atoms with Gasteiger partial charge in [0.25, 0.3) is 0 Å². The van der Waals surface area contributed by atoms with Gasteiger partial charge in [0.1, 0.15) is 11.5 Å². The molecular formula is C19H16O3. The standard InChI is InChI=1S/C19H16O3/c20-19-15(5-1-7-17-9-3-13-21-17)11-12-16(19)6-2-8-18-10-4-14-22-18/h1-10,13-14H,11-12H2/b7-1+,8-2+,15-5-,16-6+. The Morgan fingerprint density at radius 1 is 0.818 bits per heavy atom. The van der Waals surface area contributed by atoms with Gasteiger partial charge >= 0.3 is 0 Å². The molecule has 2 aromatic heterocycles. The molecule has 1 fully saturated rings. The van der Waals surface area contributed by atoms with Gasteiger partial charge in [-0.2, -0.15) is 0 Å². The van der Waals surface area contributed by atoms with E-state index in [1.165, 1.54) is 0 Å². The van der Waals surface area contributed by atoms with Gasteiger partial charge in [-0.1, -0.05) is 24.3 Å². The summed E-state index contributed by atoms with van der Waals surface area (Å²) in [6.07, 6.45) is 15.9. The van der Waals surface area contributed by atoms with Gasteiger partial charge in [-0.25, -0.2) is 0 Å². The van der Waals surface area contributed by atoms with Gasteiger partial charge in [0.15, 0.2) is 5.78 Å². The van der Waals surface area contributed by atoms with Crippen LogP contribution in [0.15, 0.2) is 81.1 Å². The van der Waals surface area contributed by atoms with E-state index in [-0.39, 0.29) is 5.78 Å². The maximum absolute atomic E-state index is 12.2. The minimum Gasteiger partial charge on any atom is -0.465 e. The van der Waals surface area contributed by atoms with E-state index in [1.54, 1.807) is 12.5 Å². The highest BCUT2D eigenvalue weighted by molar-refractivity contribution is 6.11. The Balaban J connectivity index is 1.64. The molecule has 0 N–H and O–H groups in total. The minimum absolute atomic E-state index is 0.119. The zero-order valence-corrected chi connectivity index (χ0v) is 12.1. The first-order valence-electron chi connectivity index (χ1n) is 7.19. The van der Waals surface area contributed by atoms with Crippen LogP contribution >= 0.6 is 0 Å². The van der Waals surface area contributed by atoms with Crippen molar-refractivity contribution >= 4 is 17.9 Å². The number of ketones is 1. The Bertz CT molecular complexity index is 674. The summed E-state index contributed by atoms with van der Waals surface area (Å²) in [6, 6.07) is 7.41. The van der Waals surface area contributed by atoms with E-state index in [0.717, 1.165) is 35.5 Å². The first kappa shape index (κ1) is 14.1. The topological polar surface area (TPSA) is 43.4 Å². The monoisotopic (exact) mass is 292 g/mol. The van der Waals surface area contributed by atoms with Crippen LogP contribution < -0.4 is 0 Å². The zero-order valence-electron chi connectivity index (χ0n) is 12.1. The Hall–Kier alpha value is -2.81. The third kappa shape index (κ3) is 3.44. The van der Waals surface area contributed by atoms with Crippen molar-refractivity contribution in [3.8, 4) is 0 Å². The summed E-state index contributed by atoms with van der Waals surface area (Å²) in [5, 5.41) is 0. The average molecular weight is 292 g/mol. The van der Waals surface area contributed by atoms with Gasteiger partial charge in [0.2, 0.25) is 0 Å². The number of carbonyl (C=O) groups is 1. The second kappa shape index (κ2) is 6.76. The molecule has 0 aromatic carbocycles. The van der Waals surface area contributed by atoms with Crippen LogP contribution in [0.4, 0.5) is 0 Å². The summed E-state index contributed by atoms with van der Waals surface area (Å²) >= 11 is 0. The van der Waals surface area contributed by atoms with E-state index in [4.69, 9.17) is 8.83 Å². The molecule has 0 saturated heterocycles. The van der Waals surface area contributed by atoms with Crippen LogP contribution in [0.1, 0.15) is 24.4 Å². The maximum atomic E-state index is 12.2. The van der Waals surface area contributed by atoms with Crippen LogP contribution in [-0.2, 0) is 4.79 Å². The van der Waals surface area contributed by atoms with Crippen molar-refractivity contribution in [2.75, 3.05) is 0 Å². The Kier molecular flexibility index (Phi) is 4.35. The fraction of sp³-hybridized carbons (Fsp3) is 0.105. The maximum Gasteiger partial charge on any atom is 0.185 e. The molecule has 0 unspecified atom stereocenters. The van der Waals surface area contributed by atoms with E-state index < -0.39 is 0 Å². The number of rotatable bonds is 4. The number of allylic oxidation sites excluding steroid dienone is 6. The number of Topliss-reactive ketones (excluding diaryl/α,β-unsaturated/α-hetero) is 1. The summed E-state index contributed by atoms with van der Waals surface area (Å²) in [5.74, 6) is 1.67. The van der Waals surface area contributed by atoms with Gasteiger partial charge in [-0.05, 0) is 49.3 Å². The van der Waals surface area contributed by atoms with E-state index >= 15 is 0 Å². The van der Waals surface area contributed by atoms with Crippen molar-refractivity contribution in [3.05, 3.63) is 83.8 Å². The number of hydrogen-bond donors (Lipinski definition) is 0. The smallest absolute Gasteiger partial charge is 0.185 e. The van der Waals surface area contributed by atoms with Gasteiger partial charge in [-0.15, -0.1) is 0 Å². The lowest BCUT2D eigenvalue weighted by atomic mass is 10.1. The second-order valence-corrected chi connectivity index (χ2v) is 4.96. The SMILES string of the molecule is O=C1/C(=C\C=C\c2ccco2)CC/C1=C\C=C\c1ccco1. The molecule has 1 saturated carbocycles. The highest BCUT2D eigenvalue weighted by Crippen LogP contribution is 2.26. The van der Waals surface area contributed by atoms with E-state index in [9.17, 15) is 4.79 Å². The van der Waals surface area contributed by atoms with Crippen molar-refractivity contribution < 1.29 is 13.6 Å². The van der Waals surface area contributed by atoms with Gasteiger partial charge in [-0.3, -0.25) is 4.79 Å². The van der Waals surface area contributed by atoms with Crippen LogP contribution in [0, 0.1) is 0 Å². The Labute approximate surface area is 128 Å². The van der Waals surface area contributed by atoms with Gasteiger partial charge in [0.05, 0.1) is 12.5 Å². The highest BCUT2D eigenvalue weighted by Gasteiger charge is 2.21. The predicted octanol–water partition coefficient (Wildman–Crippen LogP) is 4.81. The van der Waals surface area contributed by atoms with Crippen molar-refractivity contribution in [3.63, 3.8) is 0 Å². The molecule has 0 amide bonds. The van der Waals surface area contributed by atoms with Crippen LogP contribution in [0.5, 0.6) is 0 Å². The molecule has 3 heteroatoms. The lowest BCUT2D eigenvalue weighted by molar-refractivity contribution is -0.111. The minimum atomic E-state index is 0.119. The summed E-state index contributed by atoms with van der Waals surface area (Å²) in [5.41, 5.74) is 1.67. The number of furan rings is 2. The third-order valence-corrected chi connectivity index (χ3v) is 3.45. The van der Waals surface area contributed by atoms with Crippen molar-refractivity contribution in [2.45, 2.75) is 12.8 Å². The molecule has 1 aliphatic carbocycles. The second-order valence-electron chi connectivity index (χ2n) is 4.96. The molecule has 0 radical (unpaired) electrons. The molecule has 0 bridgehead atoms. The molecule has 2 heterocycles. The molecule has 22 heavy (non-hydrogen) atoms. The largest absolute Gasteiger partial charge is 0.465 e. The average Bonchev–Trinajstić information content (AvgIpc) is 3.25. The van der Waals surface area contributed by atoms with E-state index in [2.05, 4.69) is 0 Å². The quantitative estimate of drug-likeness (QED) is 0.759. The molecule has 1 aliphatic rings. The van der Waals surface area contributed by atoms with Crippen LogP contribution in [0.25, 0.3) is 12.2 Å². The van der Waals surface area contributed by atoms with E-state index in [0.29, 0.717) is 0 Å². The summed E-state index contributed by atoms with van der Waals surface area (Å²) < 4.78 is 10.4. The first-order valence-corrected chi connectivity index (χ1v) is 7.19. The van der Waals surface area contributed by atoms with Gasteiger partial charge < -0.3 is 8.83 Å². The highest BCUT2D eigenvalue weighted by atomic mass is 16.3. The lowest BCUT2D eigenvalue weighted by Crippen LogP contribution is -1.94. The van der Waals surface area contributed by atoms with Crippen LogP contribution in [0.2, 0.25) is 0 Å². The van der Waals surface area contributed by atoms with Crippen LogP contribution in [0.3, 0.4) is 0 Å². The summed E-state index contributed by atoms with van der Waals surface area (Å²) in [4.78, 5) is 12.2. The fourth-order valence-electron chi connectivity index (χ4n) is 2.31. The molecular weight excluding hydrogens is 276 g/mol. The Morgan fingerprint density at radius 2 is 1.32 bits per heavy atom. The number of carbonyl (C=O) groups excluding carboxylic acids is 1. The lowest BCUT2D eigenvalue weighted by Gasteiger charge is -1.91. The zero-order chi connectivity index (χ0) is 15.2. The van der Waals surface area contributed by atoms with Crippen molar-refractivity contribution in [1.29, 1.82) is 0 Å². The molecule has 3 nitrogen and oxygen atoms in total. The molecule has 0 atom stereocenters. The van der Waals surface area contributed by atoms with Crippen molar-refractivity contribution in [2.24, 2.45) is 0 Å². The molecule has 3 rings (SSSR count). The Morgan fingerprint density at radius 3 is 1.73 bits per heavy atom. The van der Waals surface area contributed by atoms with Crippen molar-refractivity contribution in [1.82, 2.24) is 0 Å². The van der Waals surface area contributed by atoms with Crippen LogP contribution in [-0.4, -0.2) is 5.78 Å².